The maximum Gasteiger partial charge on any atom is 0.286 e. The molecule has 160 valence electrons. The van der Waals surface area contributed by atoms with Gasteiger partial charge in [-0.1, -0.05) is 6.07 Å². The van der Waals surface area contributed by atoms with Crippen molar-refractivity contribution in [2.75, 3.05) is 40.3 Å². The van der Waals surface area contributed by atoms with Crippen LogP contribution in [0.3, 0.4) is 0 Å². The topological polar surface area (TPSA) is 95.5 Å². The fourth-order valence-corrected chi connectivity index (χ4v) is 3.62. The summed E-state index contributed by atoms with van der Waals surface area (Å²) >= 11 is 0. The zero-order valence-electron chi connectivity index (χ0n) is 16.9. The number of methoxy groups -OCH3 is 1. The Bertz CT molecular complexity index is 721. The summed E-state index contributed by atoms with van der Waals surface area (Å²) in [7, 11) is 1.58. The molecule has 0 radical (unpaired) electrons. The number of fused-ring (bicyclic) bond motifs is 1. The minimum Gasteiger partial charge on any atom is -0.459 e. The second kappa shape index (κ2) is 10.5. The Kier molecular flexibility index (Phi) is 7.74. The number of carbonyl (C=O) groups is 1. The molecule has 1 aromatic carbocycles. The van der Waals surface area contributed by atoms with Crippen molar-refractivity contribution in [3.63, 3.8) is 0 Å². The molecule has 0 spiro atoms. The number of allylic oxidation sites excluding steroid dienone is 1. The van der Waals surface area contributed by atoms with Crippen molar-refractivity contribution < 1.29 is 33.6 Å². The first-order valence-corrected chi connectivity index (χ1v) is 9.95. The SMILES string of the molecule is CCO[C@@H]1OC(C(=O)NCCOC)=C[C@H](c2ccc3c(c2)OCO3)[C@@H]1CCCO. The summed E-state index contributed by atoms with van der Waals surface area (Å²) in [6.45, 7) is 3.42. The van der Waals surface area contributed by atoms with Crippen molar-refractivity contribution in [2.24, 2.45) is 5.92 Å². The number of rotatable bonds is 10. The van der Waals surface area contributed by atoms with Gasteiger partial charge in [0, 0.05) is 38.7 Å². The predicted molar refractivity (Wildman–Crippen MR) is 105 cm³/mol. The third kappa shape index (κ3) is 5.20. The van der Waals surface area contributed by atoms with E-state index in [-0.39, 0.29) is 36.9 Å². The first kappa shape index (κ1) is 21.4. The van der Waals surface area contributed by atoms with Gasteiger partial charge in [0.1, 0.15) is 0 Å². The number of hydrogen-bond acceptors (Lipinski definition) is 7. The molecule has 8 nitrogen and oxygen atoms in total. The predicted octanol–water partition coefficient (Wildman–Crippen LogP) is 1.93. The molecule has 2 aliphatic rings. The maximum absolute atomic E-state index is 12.6. The second-order valence-corrected chi connectivity index (χ2v) is 6.89. The van der Waals surface area contributed by atoms with E-state index in [0.717, 1.165) is 5.56 Å². The van der Waals surface area contributed by atoms with Crippen LogP contribution < -0.4 is 14.8 Å². The van der Waals surface area contributed by atoms with E-state index in [1.807, 2.05) is 31.2 Å². The lowest BCUT2D eigenvalue weighted by Gasteiger charge is -2.37. The molecule has 1 amide bonds. The molecule has 3 rings (SSSR count). The quantitative estimate of drug-likeness (QED) is 0.572. The van der Waals surface area contributed by atoms with Crippen LogP contribution in [0.15, 0.2) is 30.0 Å². The highest BCUT2D eigenvalue weighted by Crippen LogP contribution is 2.42. The van der Waals surface area contributed by atoms with Crippen LogP contribution in [-0.2, 0) is 19.0 Å². The lowest BCUT2D eigenvalue weighted by molar-refractivity contribution is -0.166. The van der Waals surface area contributed by atoms with Crippen LogP contribution in [0, 0.1) is 5.92 Å². The average molecular weight is 407 g/mol. The summed E-state index contributed by atoms with van der Waals surface area (Å²) in [4.78, 5) is 12.6. The number of aliphatic hydroxyl groups excluding tert-OH is 1. The monoisotopic (exact) mass is 407 g/mol. The Morgan fingerprint density at radius 1 is 1.31 bits per heavy atom. The molecule has 0 bridgehead atoms. The van der Waals surface area contributed by atoms with E-state index in [0.29, 0.717) is 44.1 Å². The average Bonchev–Trinajstić information content (AvgIpc) is 3.20. The highest BCUT2D eigenvalue weighted by atomic mass is 16.7. The summed E-state index contributed by atoms with van der Waals surface area (Å²) in [5, 5.41) is 12.1. The van der Waals surface area contributed by atoms with Gasteiger partial charge >= 0.3 is 0 Å². The Labute approximate surface area is 170 Å². The first-order valence-electron chi connectivity index (χ1n) is 9.95. The van der Waals surface area contributed by atoms with Crippen molar-refractivity contribution in [3.05, 3.63) is 35.6 Å². The number of ether oxygens (including phenoxy) is 5. The third-order valence-electron chi connectivity index (χ3n) is 5.01. The van der Waals surface area contributed by atoms with E-state index >= 15 is 0 Å². The maximum atomic E-state index is 12.6. The summed E-state index contributed by atoms with van der Waals surface area (Å²) in [5.74, 6) is 1.11. The van der Waals surface area contributed by atoms with E-state index in [1.54, 1.807) is 7.11 Å². The standard InChI is InChI=1S/C21H29NO7/c1-3-26-21-15(5-4-9-23)16(12-19(29-21)20(24)22-8-10-25-2)14-6-7-17-18(11-14)28-13-27-17/h6-7,11-12,15-16,21,23H,3-5,8-10,13H2,1-2H3,(H,22,24)/t15-,16+,21+/m0/s1. The number of benzene rings is 1. The van der Waals surface area contributed by atoms with Gasteiger partial charge in [-0.2, -0.15) is 0 Å². The molecule has 29 heavy (non-hydrogen) atoms. The molecular weight excluding hydrogens is 378 g/mol. The number of amides is 1. The summed E-state index contributed by atoms with van der Waals surface area (Å²) < 4.78 is 27.7. The molecule has 8 heteroatoms. The lowest BCUT2D eigenvalue weighted by atomic mass is 9.80. The van der Waals surface area contributed by atoms with Crippen LogP contribution >= 0.6 is 0 Å². The fourth-order valence-electron chi connectivity index (χ4n) is 3.62. The van der Waals surface area contributed by atoms with Crippen molar-refractivity contribution in [3.8, 4) is 11.5 Å². The molecule has 0 fully saturated rings. The molecule has 3 atom stereocenters. The summed E-state index contributed by atoms with van der Waals surface area (Å²) in [5.41, 5.74) is 0.979. The molecule has 2 aliphatic heterocycles. The highest BCUT2D eigenvalue weighted by molar-refractivity contribution is 5.91. The molecule has 1 aromatic rings. The van der Waals surface area contributed by atoms with Gasteiger partial charge in [-0.05, 0) is 43.5 Å². The molecule has 2 heterocycles. The molecular formula is C21H29NO7. The van der Waals surface area contributed by atoms with Gasteiger partial charge in [0.05, 0.1) is 6.61 Å². The van der Waals surface area contributed by atoms with Crippen LogP contribution in [0.2, 0.25) is 0 Å². The smallest absolute Gasteiger partial charge is 0.286 e. The van der Waals surface area contributed by atoms with Crippen molar-refractivity contribution in [1.82, 2.24) is 5.32 Å². The van der Waals surface area contributed by atoms with Gasteiger partial charge in [-0.3, -0.25) is 4.79 Å². The molecule has 0 saturated carbocycles. The van der Waals surface area contributed by atoms with Gasteiger partial charge in [0.25, 0.3) is 5.91 Å². The Morgan fingerprint density at radius 3 is 2.90 bits per heavy atom. The largest absolute Gasteiger partial charge is 0.459 e. The number of nitrogens with one attached hydrogen (secondary N) is 1. The zero-order chi connectivity index (χ0) is 20.6. The fraction of sp³-hybridized carbons (Fsp3) is 0.571. The van der Waals surface area contributed by atoms with Gasteiger partial charge in [-0.15, -0.1) is 0 Å². The zero-order valence-corrected chi connectivity index (χ0v) is 16.9. The van der Waals surface area contributed by atoms with E-state index in [4.69, 9.17) is 23.7 Å². The van der Waals surface area contributed by atoms with E-state index in [2.05, 4.69) is 5.32 Å². The molecule has 2 N–H and O–H groups in total. The van der Waals surface area contributed by atoms with Gasteiger partial charge in [0.2, 0.25) is 13.1 Å². The van der Waals surface area contributed by atoms with Crippen molar-refractivity contribution in [1.29, 1.82) is 0 Å². The minimum atomic E-state index is -0.588. The Hall–Kier alpha value is -2.29. The molecule has 0 saturated heterocycles. The number of carbonyl (C=O) groups excluding carboxylic acids is 1. The van der Waals surface area contributed by atoms with Crippen LogP contribution in [0.4, 0.5) is 0 Å². The highest BCUT2D eigenvalue weighted by Gasteiger charge is 2.38. The normalized spacial score (nSPS) is 22.7. The van der Waals surface area contributed by atoms with E-state index in [9.17, 15) is 9.90 Å². The molecule has 0 aliphatic carbocycles. The van der Waals surface area contributed by atoms with E-state index in [1.165, 1.54) is 0 Å². The summed E-state index contributed by atoms with van der Waals surface area (Å²) in [6.07, 6.45) is 2.55. The number of hydrogen-bond donors (Lipinski definition) is 2. The Morgan fingerprint density at radius 2 is 2.14 bits per heavy atom. The third-order valence-corrected chi connectivity index (χ3v) is 5.01. The van der Waals surface area contributed by atoms with Gasteiger partial charge in [-0.25, -0.2) is 0 Å². The van der Waals surface area contributed by atoms with Gasteiger partial charge < -0.3 is 34.1 Å². The lowest BCUT2D eigenvalue weighted by Crippen LogP contribution is -2.39. The Balaban J connectivity index is 1.90. The van der Waals surface area contributed by atoms with Crippen LogP contribution in [0.1, 0.15) is 31.2 Å². The van der Waals surface area contributed by atoms with Crippen LogP contribution in [-0.4, -0.2) is 57.6 Å². The van der Waals surface area contributed by atoms with Crippen molar-refractivity contribution in [2.45, 2.75) is 32.0 Å². The van der Waals surface area contributed by atoms with E-state index < -0.39 is 6.29 Å². The number of aliphatic hydroxyl groups is 1. The van der Waals surface area contributed by atoms with Crippen molar-refractivity contribution >= 4 is 5.91 Å². The molecule has 0 aromatic heterocycles. The molecule has 0 unspecified atom stereocenters. The first-order chi connectivity index (χ1) is 14.2. The minimum absolute atomic E-state index is 0.0574. The summed E-state index contributed by atoms with van der Waals surface area (Å²) in [6, 6.07) is 5.78. The van der Waals surface area contributed by atoms with Crippen LogP contribution in [0.5, 0.6) is 11.5 Å². The van der Waals surface area contributed by atoms with Gasteiger partial charge in [0.15, 0.2) is 17.3 Å². The van der Waals surface area contributed by atoms with Crippen LogP contribution in [0.25, 0.3) is 0 Å². The second-order valence-electron chi connectivity index (χ2n) is 6.89.